The highest BCUT2D eigenvalue weighted by atomic mass is 16.3. The molecule has 1 fully saturated rings. The molecule has 0 heterocycles. The van der Waals surface area contributed by atoms with Gasteiger partial charge in [0, 0.05) is 5.92 Å². The maximum absolute atomic E-state index is 9.73. The molecule has 1 saturated carbocycles. The molecule has 0 amide bonds. The summed E-state index contributed by atoms with van der Waals surface area (Å²) in [6, 6.07) is 0. The third-order valence-electron chi connectivity index (χ3n) is 1.60. The highest BCUT2D eigenvalue weighted by Crippen LogP contribution is 2.30. The van der Waals surface area contributed by atoms with Crippen molar-refractivity contribution in [2.75, 3.05) is 0 Å². The molecule has 0 bridgehead atoms. The molecule has 0 saturated heterocycles. The van der Waals surface area contributed by atoms with Crippen LogP contribution in [-0.4, -0.2) is 11.0 Å². The highest BCUT2D eigenvalue weighted by molar-refractivity contribution is 5.49. The minimum absolute atomic E-state index is 0.0868. The van der Waals surface area contributed by atoms with Crippen LogP contribution in [0.15, 0.2) is 5.76 Å². The molecule has 2 nitrogen and oxygen atoms in total. The van der Waals surface area contributed by atoms with E-state index in [9.17, 15) is 4.79 Å². The van der Waals surface area contributed by atoms with Crippen molar-refractivity contribution < 1.29 is 9.90 Å². The van der Waals surface area contributed by atoms with Crippen molar-refractivity contribution in [3.63, 3.8) is 0 Å². The van der Waals surface area contributed by atoms with Crippen LogP contribution in [0.2, 0.25) is 0 Å². The number of hydrogen-bond donors (Lipinski definition) is 1. The molecule has 2 heteroatoms. The van der Waals surface area contributed by atoms with E-state index in [0.29, 0.717) is 0 Å². The van der Waals surface area contributed by atoms with Crippen LogP contribution >= 0.6 is 0 Å². The molecule has 0 aromatic heterocycles. The molecule has 0 radical (unpaired) electrons. The van der Waals surface area contributed by atoms with Gasteiger partial charge < -0.3 is 5.11 Å². The molecule has 0 atom stereocenters. The highest BCUT2D eigenvalue weighted by Gasteiger charge is 2.21. The number of rotatable bonds is 1. The van der Waals surface area contributed by atoms with Crippen molar-refractivity contribution in [1.82, 2.24) is 0 Å². The Balaban J connectivity index is 2.46. The summed E-state index contributed by atoms with van der Waals surface area (Å²) >= 11 is 0. The van der Waals surface area contributed by atoms with Gasteiger partial charge in [0.2, 0.25) is 0 Å². The first kappa shape index (κ1) is 5.39. The van der Waals surface area contributed by atoms with Gasteiger partial charge in [0.15, 0.2) is 11.7 Å². The first-order chi connectivity index (χ1) is 3.84. The van der Waals surface area contributed by atoms with Gasteiger partial charge in [0.05, 0.1) is 0 Å². The molecule has 1 rings (SSSR count). The summed E-state index contributed by atoms with van der Waals surface area (Å²) in [7, 11) is 0. The molecule has 0 aromatic carbocycles. The maximum atomic E-state index is 9.73. The summed E-state index contributed by atoms with van der Waals surface area (Å²) < 4.78 is 0. The smallest absolute Gasteiger partial charge is 0.179 e. The quantitative estimate of drug-likeness (QED) is 0.406. The lowest BCUT2D eigenvalue weighted by molar-refractivity contribution is 0.250. The summed E-state index contributed by atoms with van der Waals surface area (Å²) in [6.45, 7) is 0. The van der Waals surface area contributed by atoms with Gasteiger partial charge >= 0.3 is 0 Å². The Morgan fingerprint density at radius 1 is 1.62 bits per heavy atom. The van der Waals surface area contributed by atoms with Crippen LogP contribution in [0, 0.1) is 5.92 Å². The van der Waals surface area contributed by atoms with Crippen molar-refractivity contribution in [1.29, 1.82) is 0 Å². The molecule has 8 heavy (non-hydrogen) atoms. The lowest BCUT2D eigenvalue weighted by Gasteiger charge is -2.21. The Hall–Kier alpha value is -0.750. The first-order valence-corrected chi connectivity index (χ1v) is 2.78. The summed E-state index contributed by atoms with van der Waals surface area (Å²) in [4.78, 5) is 9.73. The van der Waals surface area contributed by atoms with Crippen LogP contribution in [0.3, 0.4) is 0 Å². The van der Waals surface area contributed by atoms with Crippen LogP contribution in [-0.2, 0) is 4.79 Å². The zero-order valence-electron chi connectivity index (χ0n) is 4.55. The first-order valence-electron chi connectivity index (χ1n) is 2.78. The van der Waals surface area contributed by atoms with E-state index in [0.717, 1.165) is 19.3 Å². The zero-order chi connectivity index (χ0) is 5.98. The largest absolute Gasteiger partial charge is 0.502 e. The van der Waals surface area contributed by atoms with E-state index in [4.69, 9.17) is 5.11 Å². The molecule has 0 spiro atoms. The SMILES string of the molecule is O=C=C(O)C1CCC1. The molecule has 0 aromatic rings. The van der Waals surface area contributed by atoms with Crippen LogP contribution in [0.1, 0.15) is 19.3 Å². The standard InChI is InChI=1S/C6H8O2/c7-4-6(8)5-2-1-3-5/h5,8H,1-3H2. The normalized spacial score (nSPS) is 19.0. The molecular weight excluding hydrogens is 104 g/mol. The van der Waals surface area contributed by atoms with Crippen molar-refractivity contribution in [3.05, 3.63) is 5.76 Å². The monoisotopic (exact) mass is 112 g/mol. The van der Waals surface area contributed by atoms with E-state index in [1.807, 2.05) is 0 Å². The number of carbonyl (C=O) groups excluding carboxylic acids is 1. The Kier molecular flexibility index (Phi) is 1.36. The molecular formula is C6H8O2. The molecule has 1 aliphatic rings. The van der Waals surface area contributed by atoms with Gasteiger partial charge in [-0.25, -0.2) is 4.79 Å². The summed E-state index contributed by atoms with van der Waals surface area (Å²) in [5.74, 6) is 1.55. The van der Waals surface area contributed by atoms with Crippen molar-refractivity contribution >= 4 is 5.94 Å². The van der Waals surface area contributed by atoms with Gasteiger partial charge in [-0.2, -0.15) is 0 Å². The maximum Gasteiger partial charge on any atom is 0.179 e. The van der Waals surface area contributed by atoms with Gasteiger partial charge in [-0.1, -0.05) is 6.42 Å². The average molecular weight is 112 g/mol. The van der Waals surface area contributed by atoms with Crippen molar-refractivity contribution in [2.45, 2.75) is 19.3 Å². The predicted octanol–water partition coefficient (Wildman–Crippen LogP) is 1.06. The van der Waals surface area contributed by atoms with Gasteiger partial charge in [0.25, 0.3) is 0 Å². The molecule has 0 aliphatic heterocycles. The second-order valence-electron chi connectivity index (χ2n) is 2.12. The van der Waals surface area contributed by atoms with E-state index in [1.165, 1.54) is 5.94 Å². The molecule has 1 N–H and O–H groups in total. The van der Waals surface area contributed by atoms with Crippen LogP contribution < -0.4 is 0 Å². The van der Waals surface area contributed by atoms with Crippen molar-refractivity contribution in [2.24, 2.45) is 5.92 Å². The van der Waals surface area contributed by atoms with Gasteiger partial charge in [-0.3, -0.25) is 0 Å². The molecule has 44 valence electrons. The Bertz CT molecular complexity index is 129. The third-order valence-corrected chi connectivity index (χ3v) is 1.60. The van der Waals surface area contributed by atoms with Gasteiger partial charge in [-0.15, -0.1) is 0 Å². The molecule has 1 aliphatic carbocycles. The van der Waals surface area contributed by atoms with Gasteiger partial charge in [0.1, 0.15) is 0 Å². The van der Waals surface area contributed by atoms with E-state index in [1.54, 1.807) is 0 Å². The Labute approximate surface area is 47.8 Å². The second kappa shape index (κ2) is 2.01. The predicted molar refractivity (Wildman–Crippen MR) is 29.2 cm³/mol. The fraction of sp³-hybridized carbons (Fsp3) is 0.667. The van der Waals surface area contributed by atoms with E-state index in [2.05, 4.69) is 0 Å². The van der Waals surface area contributed by atoms with Crippen molar-refractivity contribution in [3.8, 4) is 0 Å². The topological polar surface area (TPSA) is 37.3 Å². The van der Waals surface area contributed by atoms with E-state index < -0.39 is 0 Å². The zero-order valence-corrected chi connectivity index (χ0v) is 4.55. The van der Waals surface area contributed by atoms with E-state index >= 15 is 0 Å². The third kappa shape index (κ3) is 0.749. The van der Waals surface area contributed by atoms with Gasteiger partial charge in [-0.05, 0) is 12.8 Å². The number of aliphatic hydroxyl groups excluding tert-OH is 1. The fourth-order valence-electron chi connectivity index (χ4n) is 0.765. The fourth-order valence-corrected chi connectivity index (χ4v) is 0.765. The number of aliphatic hydroxyl groups is 1. The van der Waals surface area contributed by atoms with Crippen LogP contribution in [0.25, 0.3) is 0 Å². The van der Waals surface area contributed by atoms with Crippen LogP contribution in [0.5, 0.6) is 0 Å². The lowest BCUT2D eigenvalue weighted by atomic mass is 9.84. The molecule has 0 unspecified atom stereocenters. The summed E-state index contributed by atoms with van der Waals surface area (Å²) in [5, 5.41) is 8.67. The summed E-state index contributed by atoms with van der Waals surface area (Å²) in [5.41, 5.74) is 0. The van der Waals surface area contributed by atoms with Crippen LogP contribution in [0.4, 0.5) is 0 Å². The second-order valence-corrected chi connectivity index (χ2v) is 2.12. The minimum atomic E-state index is -0.0868. The number of hydrogen-bond acceptors (Lipinski definition) is 2. The van der Waals surface area contributed by atoms with E-state index in [-0.39, 0.29) is 11.7 Å². The summed E-state index contributed by atoms with van der Waals surface area (Å²) in [6.07, 6.45) is 3.05. The Morgan fingerprint density at radius 2 is 2.25 bits per heavy atom. The number of allylic oxidation sites excluding steroid dienone is 1. The minimum Gasteiger partial charge on any atom is -0.502 e. The average Bonchev–Trinajstić information content (AvgIpc) is 1.62. The lowest BCUT2D eigenvalue weighted by Crippen LogP contribution is -2.13. The Morgan fingerprint density at radius 3 is 2.38 bits per heavy atom.